The van der Waals surface area contributed by atoms with Crippen molar-refractivity contribution in [2.75, 3.05) is 24.3 Å². The van der Waals surface area contributed by atoms with Crippen LogP contribution in [-0.2, 0) is 14.6 Å². The Kier molecular flexibility index (Phi) is 6.65. The second-order valence-corrected chi connectivity index (χ2v) is 11.5. The van der Waals surface area contributed by atoms with Crippen LogP contribution in [0.4, 0.5) is 0 Å². The Morgan fingerprint density at radius 3 is 2.59 bits per heavy atom. The maximum atomic E-state index is 12.8. The molecule has 0 radical (unpaired) electrons. The van der Waals surface area contributed by atoms with Gasteiger partial charge in [-0.25, -0.2) is 13.4 Å². The van der Waals surface area contributed by atoms with Crippen molar-refractivity contribution in [3.8, 4) is 16.9 Å². The molecule has 1 aliphatic heterocycles. The summed E-state index contributed by atoms with van der Waals surface area (Å²) in [6.45, 7) is 2.04. The zero-order valence-corrected chi connectivity index (χ0v) is 20.3. The van der Waals surface area contributed by atoms with Gasteiger partial charge in [-0.1, -0.05) is 53.7 Å². The first kappa shape index (κ1) is 22.9. The lowest BCUT2D eigenvalue weighted by Gasteiger charge is -2.23. The number of carbonyl (C=O) groups excluding carboxylic acids is 1. The average molecular weight is 490 g/mol. The number of aromatic nitrogens is 2. The van der Waals surface area contributed by atoms with E-state index in [4.69, 9.17) is 11.6 Å². The molecule has 4 rings (SSSR count). The molecule has 3 aromatic rings. The van der Waals surface area contributed by atoms with Gasteiger partial charge in [-0.15, -0.1) is 0 Å². The molecule has 32 heavy (non-hydrogen) atoms. The molecule has 0 spiro atoms. The third kappa shape index (κ3) is 4.87. The molecule has 6 nitrogen and oxygen atoms in total. The zero-order chi connectivity index (χ0) is 22.9. The van der Waals surface area contributed by atoms with E-state index in [0.29, 0.717) is 16.6 Å². The molecule has 1 fully saturated rings. The molecule has 2 heterocycles. The fraction of sp³-hybridized carbons (Fsp3) is 0.304. The summed E-state index contributed by atoms with van der Waals surface area (Å²) in [4.78, 5) is 19.0. The largest absolute Gasteiger partial charge is 0.341 e. The number of halogens is 1. The molecule has 2 aromatic carbocycles. The quantitative estimate of drug-likeness (QED) is 0.484. The molecule has 168 valence electrons. The highest BCUT2D eigenvalue weighted by Crippen LogP contribution is 2.32. The van der Waals surface area contributed by atoms with E-state index in [1.807, 2.05) is 55.5 Å². The Bertz CT molecular complexity index is 1240. The van der Waals surface area contributed by atoms with E-state index in [1.54, 1.807) is 18.1 Å². The minimum absolute atomic E-state index is 0.0401. The van der Waals surface area contributed by atoms with Crippen molar-refractivity contribution in [3.05, 3.63) is 65.3 Å². The van der Waals surface area contributed by atoms with Gasteiger partial charge in [0.25, 0.3) is 0 Å². The number of rotatable bonds is 6. The number of hydrogen-bond donors (Lipinski definition) is 0. The number of benzene rings is 2. The van der Waals surface area contributed by atoms with E-state index in [0.717, 1.165) is 22.5 Å². The maximum Gasteiger partial charge on any atom is 0.233 e. The van der Waals surface area contributed by atoms with Crippen molar-refractivity contribution in [2.45, 2.75) is 24.5 Å². The van der Waals surface area contributed by atoms with Gasteiger partial charge in [-0.05, 0) is 37.1 Å². The van der Waals surface area contributed by atoms with E-state index in [2.05, 4.69) is 9.55 Å². The molecule has 0 saturated carbocycles. The number of nitrogens with zero attached hydrogens (tertiary/aromatic N) is 3. The van der Waals surface area contributed by atoms with Crippen LogP contribution < -0.4 is 0 Å². The van der Waals surface area contributed by atoms with Gasteiger partial charge in [-0.3, -0.25) is 9.36 Å². The number of imidazole rings is 1. The average Bonchev–Trinajstić information content (AvgIpc) is 3.35. The van der Waals surface area contributed by atoms with Gasteiger partial charge in [0.1, 0.15) is 0 Å². The summed E-state index contributed by atoms with van der Waals surface area (Å²) in [6, 6.07) is 15.3. The first-order chi connectivity index (χ1) is 15.2. The SMILES string of the molecule is Cc1ccccc1-n1c(-c2ccc(Cl)cc2)cnc1SCC(=O)N(C)C1CCS(=O)(=O)C1. The van der Waals surface area contributed by atoms with Gasteiger partial charge in [0.15, 0.2) is 15.0 Å². The lowest BCUT2D eigenvalue weighted by atomic mass is 10.1. The van der Waals surface area contributed by atoms with E-state index >= 15 is 0 Å². The first-order valence-corrected chi connectivity index (χ1v) is 13.4. The van der Waals surface area contributed by atoms with E-state index < -0.39 is 9.84 Å². The van der Waals surface area contributed by atoms with E-state index in [-0.39, 0.29) is 29.2 Å². The van der Waals surface area contributed by atoms with Crippen molar-refractivity contribution >= 4 is 39.1 Å². The zero-order valence-electron chi connectivity index (χ0n) is 17.9. The molecular weight excluding hydrogens is 466 g/mol. The molecule has 0 bridgehead atoms. The van der Waals surface area contributed by atoms with Gasteiger partial charge in [0, 0.05) is 23.7 Å². The fourth-order valence-electron chi connectivity index (χ4n) is 3.82. The number of amides is 1. The Hall–Kier alpha value is -2.29. The summed E-state index contributed by atoms with van der Waals surface area (Å²) in [7, 11) is -1.36. The minimum Gasteiger partial charge on any atom is -0.341 e. The van der Waals surface area contributed by atoms with E-state index in [9.17, 15) is 13.2 Å². The summed E-state index contributed by atoms with van der Waals surface area (Å²) in [5, 5.41) is 1.36. The van der Waals surface area contributed by atoms with Crippen LogP contribution in [0.25, 0.3) is 16.9 Å². The number of aryl methyl sites for hydroxylation is 1. The number of thioether (sulfide) groups is 1. The maximum absolute atomic E-state index is 12.8. The molecule has 1 unspecified atom stereocenters. The molecule has 1 aliphatic rings. The molecule has 0 N–H and O–H groups in total. The van der Waals surface area contributed by atoms with Crippen molar-refractivity contribution in [2.24, 2.45) is 0 Å². The van der Waals surface area contributed by atoms with Crippen molar-refractivity contribution < 1.29 is 13.2 Å². The topological polar surface area (TPSA) is 72.3 Å². The third-order valence-corrected chi connectivity index (χ3v) is 8.64. The van der Waals surface area contributed by atoms with Gasteiger partial charge in [0.05, 0.1) is 34.8 Å². The van der Waals surface area contributed by atoms with E-state index in [1.165, 1.54) is 11.8 Å². The monoisotopic (exact) mass is 489 g/mol. The molecule has 1 amide bonds. The van der Waals surface area contributed by atoms with Crippen molar-refractivity contribution in [1.82, 2.24) is 14.5 Å². The van der Waals surface area contributed by atoms with Crippen LogP contribution in [0, 0.1) is 6.92 Å². The van der Waals surface area contributed by atoms with Crippen LogP contribution in [0.3, 0.4) is 0 Å². The minimum atomic E-state index is -3.05. The molecule has 0 aliphatic carbocycles. The molecule has 1 aromatic heterocycles. The lowest BCUT2D eigenvalue weighted by Crippen LogP contribution is -2.38. The summed E-state index contributed by atoms with van der Waals surface area (Å²) in [5.41, 5.74) is 3.94. The molecular formula is C23H24ClN3O3S2. The second kappa shape index (κ2) is 9.29. The summed E-state index contributed by atoms with van der Waals surface area (Å²) in [5.74, 6) is 0.253. The number of carbonyl (C=O) groups is 1. The van der Waals surface area contributed by atoms with Gasteiger partial charge in [0.2, 0.25) is 5.91 Å². The summed E-state index contributed by atoms with van der Waals surface area (Å²) >= 11 is 7.42. The van der Waals surface area contributed by atoms with Crippen LogP contribution in [-0.4, -0.2) is 59.1 Å². The van der Waals surface area contributed by atoms with Crippen LogP contribution in [0.2, 0.25) is 5.02 Å². The standard InChI is InChI=1S/C23H24ClN3O3S2/c1-16-5-3-4-6-20(16)27-21(17-7-9-18(24)10-8-17)13-25-23(27)31-14-22(28)26(2)19-11-12-32(29,30)15-19/h3-10,13,19H,11-12,14-15H2,1-2H3. The fourth-order valence-corrected chi connectivity index (χ4v) is 6.63. The number of para-hydroxylation sites is 1. The van der Waals surface area contributed by atoms with Crippen LogP contribution in [0.5, 0.6) is 0 Å². The van der Waals surface area contributed by atoms with Gasteiger partial charge < -0.3 is 4.90 Å². The highest BCUT2D eigenvalue weighted by atomic mass is 35.5. The smallest absolute Gasteiger partial charge is 0.233 e. The van der Waals surface area contributed by atoms with Crippen molar-refractivity contribution in [1.29, 1.82) is 0 Å². The van der Waals surface area contributed by atoms with Crippen molar-refractivity contribution in [3.63, 3.8) is 0 Å². The highest BCUT2D eigenvalue weighted by molar-refractivity contribution is 7.99. The van der Waals surface area contributed by atoms with Crippen LogP contribution >= 0.6 is 23.4 Å². The molecule has 9 heteroatoms. The Morgan fingerprint density at radius 1 is 1.22 bits per heavy atom. The summed E-state index contributed by atoms with van der Waals surface area (Å²) in [6.07, 6.45) is 2.30. The van der Waals surface area contributed by atoms with Crippen LogP contribution in [0.1, 0.15) is 12.0 Å². The van der Waals surface area contributed by atoms with Crippen LogP contribution in [0.15, 0.2) is 59.9 Å². The highest BCUT2D eigenvalue weighted by Gasteiger charge is 2.32. The predicted octanol–water partition coefficient (Wildman–Crippen LogP) is 4.24. The number of sulfone groups is 1. The van der Waals surface area contributed by atoms with Gasteiger partial charge in [-0.2, -0.15) is 0 Å². The predicted molar refractivity (Wildman–Crippen MR) is 129 cm³/mol. The Morgan fingerprint density at radius 2 is 1.94 bits per heavy atom. The Balaban J connectivity index is 1.61. The number of hydrogen-bond acceptors (Lipinski definition) is 5. The normalized spacial score (nSPS) is 17.4. The Labute approximate surface area is 197 Å². The van der Waals surface area contributed by atoms with Gasteiger partial charge >= 0.3 is 0 Å². The summed E-state index contributed by atoms with van der Waals surface area (Å²) < 4.78 is 25.6. The first-order valence-electron chi connectivity index (χ1n) is 10.2. The lowest BCUT2D eigenvalue weighted by molar-refractivity contribution is -0.128. The molecule has 1 atom stereocenters. The third-order valence-electron chi connectivity index (χ3n) is 5.70. The molecule has 1 saturated heterocycles. The second-order valence-electron chi connectivity index (χ2n) is 7.90.